The lowest BCUT2D eigenvalue weighted by Gasteiger charge is -2.05. The lowest BCUT2D eigenvalue weighted by molar-refractivity contribution is -0.170. The van der Waals surface area contributed by atoms with Crippen LogP contribution >= 0.6 is 0 Å². The molecule has 1 rings (SSSR count). The first-order valence-corrected chi connectivity index (χ1v) is 4.62. The summed E-state index contributed by atoms with van der Waals surface area (Å²) in [6.07, 6.45) is -6.16. The molecule has 1 aromatic rings. The van der Waals surface area contributed by atoms with E-state index in [2.05, 4.69) is 0 Å². The Morgan fingerprint density at radius 1 is 1.29 bits per heavy atom. The molecule has 3 nitrogen and oxygen atoms in total. The monoisotopic (exact) mass is 246 g/mol. The Labute approximate surface area is 95.2 Å². The third-order valence-corrected chi connectivity index (χ3v) is 2.03. The highest BCUT2D eigenvalue weighted by Gasteiger charge is 2.39. The molecule has 0 bridgehead atoms. The molecule has 1 aromatic carbocycles. The predicted octanol–water partition coefficient (Wildman–Crippen LogP) is 2.40. The Bertz CT molecular complexity index is 438. The molecule has 0 saturated carbocycles. The van der Waals surface area contributed by atoms with Crippen LogP contribution in [0.3, 0.4) is 0 Å². The van der Waals surface area contributed by atoms with Gasteiger partial charge in [-0.3, -0.25) is 9.59 Å². The normalized spacial score (nSPS) is 11.1. The highest BCUT2D eigenvalue weighted by Crippen LogP contribution is 2.20. The Hall–Kier alpha value is -1.85. The van der Waals surface area contributed by atoms with Crippen LogP contribution in [-0.4, -0.2) is 24.9 Å². The van der Waals surface area contributed by atoms with Crippen molar-refractivity contribution in [3.8, 4) is 5.75 Å². The molecule has 0 spiro atoms. The van der Waals surface area contributed by atoms with E-state index in [1.54, 1.807) is 6.07 Å². The van der Waals surface area contributed by atoms with Gasteiger partial charge in [0.15, 0.2) is 5.78 Å². The molecule has 0 unspecified atom stereocenters. The van der Waals surface area contributed by atoms with E-state index in [4.69, 9.17) is 4.74 Å². The number of ether oxygens (including phenoxy) is 1. The molecule has 92 valence electrons. The summed E-state index contributed by atoms with van der Waals surface area (Å²) in [5.41, 5.74) is 0.0157. The summed E-state index contributed by atoms with van der Waals surface area (Å²) in [7, 11) is 1.37. The van der Waals surface area contributed by atoms with Crippen LogP contribution in [0, 0.1) is 0 Å². The van der Waals surface area contributed by atoms with Gasteiger partial charge in [0.1, 0.15) is 5.75 Å². The van der Waals surface area contributed by atoms with Crippen LogP contribution in [-0.2, 0) is 4.79 Å². The fourth-order valence-electron chi connectivity index (χ4n) is 1.14. The maximum atomic E-state index is 11.9. The Balaban J connectivity index is 2.80. The molecular formula is C11H9F3O3. The van der Waals surface area contributed by atoms with E-state index in [9.17, 15) is 22.8 Å². The van der Waals surface area contributed by atoms with Gasteiger partial charge in [-0.05, 0) is 12.1 Å². The summed E-state index contributed by atoms with van der Waals surface area (Å²) >= 11 is 0. The van der Waals surface area contributed by atoms with Gasteiger partial charge >= 0.3 is 6.18 Å². The molecule has 0 atom stereocenters. The van der Waals surface area contributed by atoms with Crippen molar-refractivity contribution < 1.29 is 27.5 Å². The number of ketones is 2. The number of alkyl halides is 3. The van der Waals surface area contributed by atoms with Gasteiger partial charge in [0.2, 0.25) is 5.78 Å². The molecule has 6 heteroatoms. The third kappa shape index (κ3) is 3.58. The molecule has 17 heavy (non-hydrogen) atoms. The Kier molecular flexibility index (Phi) is 3.88. The molecule has 0 N–H and O–H groups in total. The minimum Gasteiger partial charge on any atom is -0.497 e. The second kappa shape index (κ2) is 4.99. The number of benzene rings is 1. The average Bonchev–Trinajstić information content (AvgIpc) is 2.27. The quantitative estimate of drug-likeness (QED) is 0.605. The van der Waals surface area contributed by atoms with E-state index >= 15 is 0 Å². The van der Waals surface area contributed by atoms with Gasteiger partial charge in [-0.2, -0.15) is 13.2 Å². The smallest absolute Gasteiger partial charge is 0.450 e. The van der Waals surface area contributed by atoms with Gasteiger partial charge in [-0.25, -0.2) is 0 Å². The average molecular weight is 246 g/mol. The number of methoxy groups -OCH3 is 1. The van der Waals surface area contributed by atoms with E-state index in [1.165, 1.54) is 25.3 Å². The molecular weight excluding hydrogens is 237 g/mol. The zero-order valence-corrected chi connectivity index (χ0v) is 8.88. The van der Waals surface area contributed by atoms with Gasteiger partial charge in [0.05, 0.1) is 13.5 Å². The van der Waals surface area contributed by atoms with Gasteiger partial charge in [0.25, 0.3) is 0 Å². The standard InChI is InChI=1S/C11H9F3O3/c1-17-8-4-2-3-7(5-8)9(15)6-10(16)11(12,13)14/h2-5H,6H2,1H3. The molecule has 0 aliphatic carbocycles. The first kappa shape index (κ1) is 13.2. The van der Waals surface area contributed by atoms with Crippen molar-refractivity contribution in [1.82, 2.24) is 0 Å². The summed E-state index contributed by atoms with van der Waals surface area (Å²) in [6.45, 7) is 0. The summed E-state index contributed by atoms with van der Waals surface area (Å²) in [5.74, 6) is -2.59. The van der Waals surface area contributed by atoms with Crippen molar-refractivity contribution in [2.24, 2.45) is 0 Å². The molecule has 0 aromatic heterocycles. The number of hydrogen-bond acceptors (Lipinski definition) is 3. The predicted molar refractivity (Wildman–Crippen MR) is 53.0 cm³/mol. The second-order valence-electron chi connectivity index (χ2n) is 3.25. The molecule has 0 saturated heterocycles. The van der Waals surface area contributed by atoms with Gasteiger partial charge in [0, 0.05) is 5.56 Å². The summed E-state index contributed by atoms with van der Waals surface area (Å²) in [4.78, 5) is 22.0. The van der Waals surface area contributed by atoms with Crippen LogP contribution in [0.25, 0.3) is 0 Å². The highest BCUT2D eigenvalue weighted by molar-refractivity contribution is 6.09. The highest BCUT2D eigenvalue weighted by atomic mass is 19.4. The maximum absolute atomic E-state index is 11.9. The van der Waals surface area contributed by atoms with Crippen molar-refractivity contribution in [2.75, 3.05) is 7.11 Å². The number of hydrogen-bond donors (Lipinski definition) is 0. The Morgan fingerprint density at radius 3 is 2.47 bits per heavy atom. The van der Waals surface area contributed by atoms with Gasteiger partial charge < -0.3 is 4.74 Å². The number of rotatable bonds is 4. The van der Waals surface area contributed by atoms with Gasteiger partial charge in [-0.1, -0.05) is 12.1 Å². The third-order valence-electron chi connectivity index (χ3n) is 2.03. The van der Waals surface area contributed by atoms with Crippen molar-refractivity contribution in [3.05, 3.63) is 29.8 Å². The SMILES string of the molecule is COc1cccc(C(=O)CC(=O)C(F)(F)F)c1. The molecule has 0 heterocycles. The minimum absolute atomic E-state index is 0.0157. The number of carbonyl (C=O) groups is 2. The van der Waals surface area contributed by atoms with Crippen molar-refractivity contribution in [2.45, 2.75) is 12.6 Å². The van der Waals surface area contributed by atoms with Gasteiger partial charge in [-0.15, -0.1) is 0 Å². The number of halogens is 3. The van der Waals surface area contributed by atoms with Crippen molar-refractivity contribution in [1.29, 1.82) is 0 Å². The number of Topliss-reactive ketones (excluding diaryl/α,β-unsaturated/α-hetero) is 2. The largest absolute Gasteiger partial charge is 0.497 e. The topological polar surface area (TPSA) is 43.4 Å². The first-order chi connectivity index (χ1) is 7.84. The molecule has 0 radical (unpaired) electrons. The van der Waals surface area contributed by atoms with E-state index in [0.717, 1.165) is 0 Å². The van der Waals surface area contributed by atoms with E-state index in [1.807, 2.05) is 0 Å². The fourth-order valence-corrected chi connectivity index (χ4v) is 1.14. The lowest BCUT2D eigenvalue weighted by atomic mass is 10.1. The second-order valence-corrected chi connectivity index (χ2v) is 3.25. The zero-order valence-electron chi connectivity index (χ0n) is 8.88. The molecule has 0 aliphatic heterocycles. The number of carbonyl (C=O) groups excluding carboxylic acids is 2. The van der Waals surface area contributed by atoms with Crippen LogP contribution in [0.5, 0.6) is 5.75 Å². The summed E-state index contributed by atoms with van der Waals surface area (Å²) < 4.78 is 40.7. The van der Waals surface area contributed by atoms with E-state index < -0.39 is 24.2 Å². The maximum Gasteiger partial charge on any atom is 0.450 e. The van der Waals surface area contributed by atoms with E-state index in [-0.39, 0.29) is 5.56 Å². The molecule has 0 aliphatic rings. The van der Waals surface area contributed by atoms with Crippen molar-refractivity contribution in [3.63, 3.8) is 0 Å². The van der Waals surface area contributed by atoms with Crippen LogP contribution < -0.4 is 4.74 Å². The van der Waals surface area contributed by atoms with E-state index in [0.29, 0.717) is 5.75 Å². The van der Waals surface area contributed by atoms with Crippen LogP contribution in [0.4, 0.5) is 13.2 Å². The van der Waals surface area contributed by atoms with Crippen LogP contribution in [0.2, 0.25) is 0 Å². The zero-order chi connectivity index (χ0) is 13.1. The van der Waals surface area contributed by atoms with Crippen LogP contribution in [0.1, 0.15) is 16.8 Å². The fraction of sp³-hybridized carbons (Fsp3) is 0.273. The van der Waals surface area contributed by atoms with Crippen molar-refractivity contribution >= 4 is 11.6 Å². The summed E-state index contributed by atoms with van der Waals surface area (Å²) in [5, 5.41) is 0. The first-order valence-electron chi connectivity index (χ1n) is 4.62. The Morgan fingerprint density at radius 2 is 1.94 bits per heavy atom. The van der Waals surface area contributed by atoms with Crippen LogP contribution in [0.15, 0.2) is 24.3 Å². The lowest BCUT2D eigenvalue weighted by Crippen LogP contribution is -2.25. The molecule has 0 fully saturated rings. The minimum atomic E-state index is -4.98. The summed E-state index contributed by atoms with van der Waals surface area (Å²) in [6, 6.07) is 5.62. The molecule has 0 amide bonds.